The van der Waals surface area contributed by atoms with E-state index in [9.17, 15) is 9.90 Å². The topological polar surface area (TPSA) is 96.4 Å². The lowest BCUT2D eigenvalue weighted by molar-refractivity contribution is 0.0698. The number of nitrogens with zero attached hydrogens (tertiary/aromatic N) is 2. The molecule has 0 aliphatic rings. The van der Waals surface area contributed by atoms with Gasteiger partial charge in [0, 0.05) is 6.07 Å². The molecule has 0 aliphatic heterocycles. The Labute approximate surface area is 163 Å². The Morgan fingerprint density at radius 3 is 2.18 bits per heavy atom. The summed E-state index contributed by atoms with van der Waals surface area (Å²) < 4.78 is 5.83. The van der Waals surface area contributed by atoms with Gasteiger partial charge in [-0.2, -0.15) is 0 Å². The molecule has 7 heteroatoms. The van der Waals surface area contributed by atoms with Gasteiger partial charge in [-0.15, -0.1) is 0 Å². The van der Waals surface area contributed by atoms with E-state index in [0.717, 1.165) is 11.4 Å². The fourth-order valence-electron chi connectivity index (χ4n) is 2.68. The highest BCUT2D eigenvalue weighted by atomic mass is 16.5. The molecule has 0 radical (unpaired) electrons. The Kier molecular flexibility index (Phi) is 5.74. The fourth-order valence-corrected chi connectivity index (χ4v) is 2.68. The standard InChI is InChI=1S/C21H22N4O3/c1-13(2)28-18-11-7-6-10-17(18)25-20-12-19(22-14(3)23-20)24-16-9-5-4-8-15(16)21(26)27/h4-13H,1-3H3,(H,26,27)(H2,22,23,24,25). The average Bonchev–Trinajstić information content (AvgIpc) is 2.63. The van der Waals surface area contributed by atoms with Crippen LogP contribution in [-0.4, -0.2) is 27.1 Å². The largest absolute Gasteiger partial charge is 0.489 e. The molecule has 0 saturated carbocycles. The molecule has 7 nitrogen and oxygen atoms in total. The van der Waals surface area contributed by atoms with Crippen LogP contribution in [0.15, 0.2) is 54.6 Å². The second-order valence-corrected chi connectivity index (χ2v) is 6.45. The summed E-state index contributed by atoms with van der Waals surface area (Å²) in [5.41, 5.74) is 1.41. The van der Waals surface area contributed by atoms with Crippen LogP contribution < -0.4 is 15.4 Å². The van der Waals surface area contributed by atoms with Gasteiger partial charge in [0.2, 0.25) is 0 Å². The number of benzene rings is 2. The van der Waals surface area contributed by atoms with Gasteiger partial charge < -0.3 is 20.5 Å². The van der Waals surface area contributed by atoms with Crippen molar-refractivity contribution >= 4 is 29.0 Å². The van der Waals surface area contributed by atoms with E-state index in [4.69, 9.17) is 4.74 Å². The minimum Gasteiger partial charge on any atom is -0.489 e. The lowest BCUT2D eigenvalue weighted by atomic mass is 10.2. The Bertz CT molecular complexity index is 989. The van der Waals surface area contributed by atoms with Crippen molar-refractivity contribution in [1.29, 1.82) is 0 Å². The number of carboxylic acids is 1. The van der Waals surface area contributed by atoms with Gasteiger partial charge in [0.25, 0.3) is 0 Å². The van der Waals surface area contributed by atoms with Crippen molar-refractivity contribution in [3.05, 3.63) is 66.0 Å². The fraction of sp³-hybridized carbons (Fsp3) is 0.190. The molecule has 0 amide bonds. The van der Waals surface area contributed by atoms with Gasteiger partial charge in [-0.25, -0.2) is 14.8 Å². The summed E-state index contributed by atoms with van der Waals surface area (Å²) in [5.74, 6) is 1.32. The number of ether oxygens (including phenoxy) is 1. The molecule has 0 saturated heterocycles. The molecule has 3 aromatic rings. The van der Waals surface area contributed by atoms with E-state index in [1.807, 2.05) is 38.1 Å². The van der Waals surface area contributed by atoms with Gasteiger partial charge in [0.1, 0.15) is 23.2 Å². The Morgan fingerprint density at radius 2 is 1.54 bits per heavy atom. The molecule has 0 fully saturated rings. The van der Waals surface area contributed by atoms with Crippen LogP contribution in [0.3, 0.4) is 0 Å². The monoisotopic (exact) mass is 378 g/mol. The van der Waals surface area contributed by atoms with Crippen LogP contribution in [0, 0.1) is 6.92 Å². The van der Waals surface area contributed by atoms with E-state index in [-0.39, 0.29) is 11.7 Å². The van der Waals surface area contributed by atoms with Crippen molar-refractivity contribution in [1.82, 2.24) is 9.97 Å². The molecule has 0 aliphatic carbocycles. The third-order valence-corrected chi connectivity index (χ3v) is 3.77. The lowest BCUT2D eigenvalue weighted by Gasteiger charge is -2.16. The van der Waals surface area contributed by atoms with E-state index >= 15 is 0 Å². The number of anilines is 4. The predicted octanol–water partition coefficient (Wildman–Crippen LogP) is 4.76. The van der Waals surface area contributed by atoms with Gasteiger partial charge in [0.15, 0.2) is 0 Å². The maximum atomic E-state index is 11.4. The molecule has 1 aromatic heterocycles. The van der Waals surface area contributed by atoms with Crippen LogP contribution in [0.1, 0.15) is 30.0 Å². The summed E-state index contributed by atoms with van der Waals surface area (Å²) in [4.78, 5) is 20.2. The minimum absolute atomic E-state index is 0.0415. The van der Waals surface area contributed by atoms with E-state index in [0.29, 0.717) is 23.1 Å². The third kappa shape index (κ3) is 4.76. The SMILES string of the molecule is Cc1nc(Nc2ccccc2OC(C)C)cc(Nc2ccccc2C(=O)O)n1. The maximum Gasteiger partial charge on any atom is 0.337 e. The number of aryl methyl sites for hydroxylation is 1. The first-order valence-electron chi connectivity index (χ1n) is 8.90. The van der Waals surface area contributed by atoms with Gasteiger partial charge >= 0.3 is 5.97 Å². The summed E-state index contributed by atoms with van der Waals surface area (Å²) in [5, 5.41) is 15.7. The highest BCUT2D eigenvalue weighted by Gasteiger charge is 2.12. The predicted molar refractivity (Wildman–Crippen MR) is 109 cm³/mol. The van der Waals surface area contributed by atoms with Gasteiger partial charge in [0.05, 0.1) is 23.0 Å². The zero-order valence-electron chi connectivity index (χ0n) is 15.9. The second kappa shape index (κ2) is 8.39. The number of nitrogens with one attached hydrogen (secondary N) is 2. The molecule has 0 unspecified atom stereocenters. The number of hydrogen-bond acceptors (Lipinski definition) is 6. The molecule has 0 atom stereocenters. The number of hydrogen-bond donors (Lipinski definition) is 3. The molecule has 3 rings (SSSR count). The van der Waals surface area contributed by atoms with E-state index in [1.165, 1.54) is 6.07 Å². The zero-order chi connectivity index (χ0) is 20.1. The average molecular weight is 378 g/mol. The third-order valence-electron chi connectivity index (χ3n) is 3.77. The summed E-state index contributed by atoms with van der Waals surface area (Å²) >= 11 is 0. The van der Waals surface area contributed by atoms with Crippen molar-refractivity contribution in [2.24, 2.45) is 0 Å². The van der Waals surface area contributed by atoms with Gasteiger partial charge in [-0.05, 0) is 45.0 Å². The molecule has 0 bridgehead atoms. The van der Waals surface area contributed by atoms with Crippen LogP contribution in [0.2, 0.25) is 0 Å². The molecule has 144 valence electrons. The quantitative estimate of drug-likeness (QED) is 0.545. The highest BCUT2D eigenvalue weighted by molar-refractivity contribution is 5.95. The van der Waals surface area contributed by atoms with Crippen molar-refractivity contribution in [2.75, 3.05) is 10.6 Å². The molecule has 2 aromatic carbocycles. The number of para-hydroxylation sites is 3. The Hall–Kier alpha value is -3.61. The van der Waals surface area contributed by atoms with Crippen LogP contribution in [-0.2, 0) is 0 Å². The lowest BCUT2D eigenvalue weighted by Crippen LogP contribution is -2.08. The zero-order valence-corrected chi connectivity index (χ0v) is 15.9. The van der Waals surface area contributed by atoms with Crippen LogP contribution >= 0.6 is 0 Å². The van der Waals surface area contributed by atoms with Crippen LogP contribution in [0.5, 0.6) is 5.75 Å². The molecule has 28 heavy (non-hydrogen) atoms. The summed E-state index contributed by atoms with van der Waals surface area (Å²) in [6.45, 7) is 5.71. The Balaban J connectivity index is 1.88. The number of carbonyl (C=O) groups is 1. The van der Waals surface area contributed by atoms with Crippen molar-refractivity contribution in [2.45, 2.75) is 26.9 Å². The number of aromatic carboxylic acids is 1. The molecule has 0 spiro atoms. The van der Waals surface area contributed by atoms with E-state index in [1.54, 1.807) is 31.2 Å². The summed E-state index contributed by atoms with van der Waals surface area (Å²) in [6.07, 6.45) is 0.0415. The maximum absolute atomic E-state index is 11.4. The number of carboxylic acid groups (broad SMARTS) is 1. The van der Waals surface area contributed by atoms with Crippen molar-refractivity contribution in [3.63, 3.8) is 0 Å². The van der Waals surface area contributed by atoms with Crippen molar-refractivity contribution in [3.8, 4) is 5.75 Å². The molecular formula is C21H22N4O3. The van der Waals surface area contributed by atoms with Crippen molar-refractivity contribution < 1.29 is 14.6 Å². The van der Waals surface area contributed by atoms with Gasteiger partial charge in [-0.1, -0.05) is 24.3 Å². The van der Waals surface area contributed by atoms with Crippen LogP contribution in [0.25, 0.3) is 0 Å². The molecule has 3 N–H and O–H groups in total. The highest BCUT2D eigenvalue weighted by Crippen LogP contribution is 2.29. The van der Waals surface area contributed by atoms with E-state index in [2.05, 4.69) is 20.6 Å². The summed E-state index contributed by atoms with van der Waals surface area (Å²) in [7, 11) is 0. The first-order chi connectivity index (χ1) is 13.4. The second-order valence-electron chi connectivity index (χ2n) is 6.45. The Morgan fingerprint density at radius 1 is 0.964 bits per heavy atom. The molecule has 1 heterocycles. The van der Waals surface area contributed by atoms with Crippen LogP contribution in [0.4, 0.5) is 23.0 Å². The first-order valence-corrected chi connectivity index (χ1v) is 8.90. The molecular weight excluding hydrogens is 356 g/mol. The van der Waals surface area contributed by atoms with Gasteiger partial charge in [-0.3, -0.25) is 0 Å². The number of aromatic nitrogens is 2. The normalized spacial score (nSPS) is 10.6. The number of rotatable bonds is 7. The summed E-state index contributed by atoms with van der Waals surface area (Å²) in [6, 6.07) is 16.0. The van der Waals surface area contributed by atoms with E-state index < -0.39 is 5.97 Å². The first kappa shape index (κ1) is 19.2. The minimum atomic E-state index is -1.01. The smallest absolute Gasteiger partial charge is 0.337 e.